The lowest BCUT2D eigenvalue weighted by atomic mass is 10.1. The van der Waals surface area contributed by atoms with Gasteiger partial charge < -0.3 is 5.32 Å². The maximum atomic E-state index is 12.6. The number of amides is 1. The number of nitrogens with one attached hydrogen (secondary N) is 2. The molecular formula is C22H28N2O5S2. The van der Waals surface area contributed by atoms with Crippen molar-refractivity contribution >= 4 is 31.5 Å². The van der Waals surface area contributed by atoms with E-state index in [0.717, 1.165) is 24.8 Å². The molecule has 7 nitrogen and oxygen atoms in total. The van der Waals surface area contributed by atoms with Gasteiger partial charge in [0.1, 0.15) is 0 Å². The molecule has 0 bridgehead atoms. The maximum absolute atomic E-state index is 12.6. The zero-order valence-electron chi connectivity index (χ0n) is 17.9. The molecule has 2 aromatic carbocycles. The summed E-state index contributed by atoms with van der Waals surface area (Å²) < 4.78 is 52.8. The van der Waals surface area contributed by atoms with E-state index < -0.39 is 31.3 Å². The van der Waals surface area contributed by atoms with E-state index in [-0.39, 0.29) is 27.7 Å². The fourth-order valence-corrected chi connectivity index (χ4v) is 6.26. The van der Waals surface area contributed by atoms with Crippen molar-refractivity contribution in [1.29, 1.82) is 0 Å². The Morgan fingerprint density at radius 1 is 0.935 bits per heavy atom. The number of rotatable bonds is 7. The predicted molar refractivity (Wildman–Crippen MR) is 120 cm³/mol. The summed E-state index contributed by atoms with van der Waals surface area (Å²) in [5, 5.41) is 2.59. The molecule has 0 spiro atoms. The Kier molecular flexibility index (Phi) is 6.59. The highest BCUT2D eigenvalue weighted by atomic mass is 32.2. The van der Waals surface area contributed by atoms with Crippen molar-refractivity contribution in [3.63, 3.8) is 0 Å². The van der Waals surface area contributed by atoms with Gasteiger partial charge in [0.2, 0.25) is 15.9 Å². The molecule has 31 heavy (non-hydrogen) atoms. The van der Waals surface area contributed by atoms with Crippen LogP contribution in [0.15, 0.2) is 52.3 Å². The summed E-state index contributed by atoms with van der Waals surface area (Å²) >= 11 is 0. The highest BCUT2D eigenvalue weighted by Crippen LogP contribution is 2.25. The molecule has 0 heterocycles. The summed E-state index contributed by atoms with van der Waals surface area (Å²) in [4.78, 5) is 12.6. The van der Waals surface area contributed by atoms with Gasteiger partial charge in [0.15, 0.2) is 9.84 Å². The minimum absolute atomic E-state index is 0.0194. The third kappa shape index (κ3) is 6.15. The topological polar surface area (TPSA) is 109 Å². The SMILES string of the molecule is CC(C)(C)NS(=O)(=O)c1cccc(NC(=O)CCS(=O)(=O)c2ccc3c(c2)CCC3)c1. The van der Waals surface area contributed by atoms with Crippen LogP contribution < -0.4 is 10.0 Å². The largest absolute Gasteiger partial charge is 0.326 e. The molecular weight excluding hydrogens is 436 g/mol. The van der Waals surface area contributed by atoms with Crippen molar-refractivity contribution in [2.75, 3.05) is 11.1 Å². The number of hydrogen-bond acceptors (Lipinski definition) is 5. The number of carbonyl (C=O) groups excluding carboxylic acids is 1. The van der Waals surface area contributed by atoms with Crippen LogP contribution in [-0.2, 0) is 37.5 Å². The summed E-state index contributed by atoms with van der Waals surface area (Å²) in [6, 6.07) is 11.0. The fraction of sp³-hybridized carbons (Fsp3) is 0.409. The number of aryl methyl sites for hydroxylation is 2. The van der Waals surface area contributed by atoms with Gasteiger partial charge in [-0.25, -0.2) is 21.6 Å². The van der Waals surface area contributed by atoms with E-state index in [2.05, 4.69) is 10.0 Å². The summed E-state index contributed by atoms with van der Waals surface area (Å²) in [5.74, 6) is -0.815. The summed E-state index contributed by atoms with van der Waals surface area (Å²) in [5.41, 5.74) is 1.89. The molecule has 0 aliphatic heterocycles. The standard InChI is InChI=1S/C22H28N2O5S2/c1-22(2,3)24-31(28,29)20-9-5-8-18(15-20)23-21(25)12-13-30(26,27)19-11-10-16-6-4-7-17(16)14-19/h5,8-11,14-15,24H,4,6-7,12-13H2,1-3H3,(H,23,25). The Hall–Kier alpha value is -2.23. The van der Waals surface area contributed by atoms with Gasteiger partial charge in [0.25, 0.3) is 0 Å². The number of sulfonamides is 1. The van der Waals surface area contributed by atoms with E-state index in [1.165, 1.54) is 23.8 Å². The van der Waals surface area contributed by atoms with Gasteiger partial charge in [-0.1, -0.05) is 12.1 Å². The number of fused-ring (bicyclic) bond motifs is 1. The lowest BCUT2D eigenvalue weighted by Gasteiger charge is -2.20. The van der Waals surface area contributed by atoms with Crippen LogP contribution in [-0.4, -0.2) is 34.0 Å². The average molecular weight is 465 g/mol. The van der Waals surface area contributed by atoms with Gasteiger partial charge in [-0.2, -0.15) is 0 Å². The molecule has 0 saturated carbocycles. The first-order chi connectivity index (χ1) is 14.4. The predicted octanol–water partition coefficient (Wildman–Crippen LogP) is 3.05. The van der Waals surface area contributed by atoms with Crippen LogP contribution >= 0.6 is 0 Å². The van der Waals surface area contributed by atoms with Gasteiger partial charge in [0, 0.05) is 17.6 Å². The van der Waals surface area contributed by atoms with E-state index >= 15 is 0 Å². The Labute approximate surface area is 184 Å². The van der Waals surface area contributed by atoms with Crippen LogP contribution in [0.5, 0.6) is 0 Å². The zero-order valence-corrected chi connectivity index (χ0v) is 19.6. The summed E-state index contributed by atoms with van der Waals surface area (Å²) in [6.45, 7) is 5.20. The number of benzene rings is 2. The molecule has 2 N–H and O–H groups in total. The highest BCUT2D eigenvalue weighted by molar-refractivity contribution is 7.91. The Bertz CT molecular complexity index is 1200. The zero-order chi connectivity index (χ0) is 22.9. The Morgan fingerprint density at radius 2 is 1.65 bits per heavy atom. The first-order valence-corrected chi connectivity index (χ1v) is 13.3. The van der Waals surface area contributed by atoms with Gasteiger partial charge >= 0.3 is 0 Å². The van der Waals surface area contributed by atoms with Crippen LogP contribution in [0, 0.1) is 0 Å². The van der Waals surface area contributed by atoms with Crippen molar-refractivity contribution in [3.8, 4) is 0 Å². The summed E-state index contributed by atoms with van der Waals surface area (Å²) in [7, 11) is -7.34. The van der Waals surface area contributed by atoms with E-state index in [1.807, 2.05) is 6.07 Å². The van der Waals surface area contributed by atoms with Crippen LogP contribution in [0.3, 0.4) is 0 Å². The monoisotopic (exact) mass is 464 g/mol. The molecule has 9 heteroatoms. The molecule has 0 radical (unpaired) electrons. The fourth-order valence-electron chi connectivity index (χ4n) is 3.51. The average Bonchev–Trinajstić information content (AvgIpc) is 3.13. The highest BCUT2D eigenvalue weighted by Gasteiger charge is 2.23. The van der Waals surface area contributed by atoms with Crippen LogP contribution in [0.2, 0.25) is 0 Å². The van der Waals surface area contributed by atoms with Gasteiger partial charge in [-0.05, 0) is 81.5 Å². The van der Waals surface area contributed by atoms with E-state index in [0.29, 0.717) is 0 Å². The number of sulfone groups is 1. The number of carbonyl (C=O) groups is 1. The smallest absolute Gasteiger partial charge is 0.241 e. The minimum Gasteiger partial charge on any atom is -0.326 e. The van der Waals surface area contributed by atoms with Gasteiger partial charge in [0.05, 0.1) is 15.5 Å². The Morgan fingerprint density at radius 3 is 2.35 bits per heavy atom. The van der Waals surface area contributed by atoms with Crippen molar-refractivity contribution < 1.29 is 21.6 Å². The first-order valence-electron chi connectivity index (χ1n) is 10.1. The third-order valence-electron chi connectivity index (χ3n) is 4.90. The lowest BCUT2D eigenvalue weighted by molar-refractivity contribution is -0.115. The van der Waals surface area contributed by atoms with Crippen LogP contribution in [0.25, 0.3) is 0 Å². The molecule has 0 atom stereocenters. The molecule has 1 amide bonds. The van der Waals surface area contributed by atoms with Gasteiger partial charge in [-0.15, -0.1) is 0 Å². The number of hydrogen-bond donors (Lipinski definition) is 2. The van der Waals surface area contributed by atoms with Crippen molar-refractivity contribution in [1.82, 2.24) is 4.72 Å². The number of anilines is 1. The molecule has 2 aromatic rings. The Balaban J connectivity index is 1.65. The molecule has 3 rings (SSSR count). The van der Waals surface area contributed by atoms with Crippen molar-refractivity contribution in [2.24, 2.45) is 0 Å². The van der Waals surface area contributed by atoms with E-state index in [1.54, 1.807) is 39.0 Å². The van der Waals surface area contributed by atoms with Crippen molar-refractivity contribution in [2.45, 2.75) is 61.8 Å². The second-order valence-corrected chi connectivity index (χ2v) is 12.6. The minimum atomic E-state index is -3.75. The quantitative estimate of drug-likeness (QED) is 0.655. The van der Waals surface area contributed by atoms with E-state index in [4.69, 9.17) is 0 Å². The second kappa shape index (κ2) is 8.72. The molecule has 0 fully saturated rings. The van der Waals surface area contributed by atoms with Gasteiger partial charge in [-0.3, -0.25) is 4.79 Å². The van der Waals surface area contributed by atoms with Crippen LogP contribution in [0.4, 0.5) is 5.69 Å². The molecule has 0 saturated heterocycles. The molecule has 1 aliphatic carbocycles. The molecule has 0 aromatic heterocycles. The normalized spacial score (nSPS) is 14.3. The lowest BCUT2D eigenvalue weighted by Crippen LogP contribution is -2.40. The van der Waals surface area contributed by atoms with E-state index in [9.17, 15) is 21.6 Å². The second-order valence-electron chi connectivity index (χ2n) is 8.78. The molecule has 0 unspecified atom stereocenters. The van der Waals surface area contributed by atoms with Crippen molar-refractivity contribution in [3.05, 3.63) is 53.6 Å². The third-order valence-corrected chi connectivity index (χ3v) is 8.36. The maximum Gasteiger partial charge on any atom is 0.241 e. The molecule has 168 valence electrons. The first kappa shape index (κ1) is 23.4. The molecule has 1 aliphatic rings. The van der Waals surface area contributed by atoms with Crippen LogP contribution in [0.1, 0.15) is 44.7 Å². The summed E-state index contributed by atoms with van der Waals surface area (Å²) in [6.07, 6.45) is 2.65.